The van der Waals surface area contributed by atoms with Crippen molar-refractivity contribution in [2.75, 3.05) is 0 Å². The number of carbonyl (C=O) groups is 2. The monoisotopic (exact) mass is 192 g/mol. The molecule has 0 saturated heterocycles. The first-order valence-corrected chi connectivity index (χ1v) is 4.84. The lowest BCUT2D eigenvalue weighted by Crippen LogP contribution is -2.20. The summed E-state index contributed by atoms with van der Waals surface area (Å²) in [6, 6.07) is 0. The number of Topliss-reactive ketones (excluding diaryl/α,β-unsaturated/α-hetero) is 1. The largest absolute Gasteiger partial charge is 0.481 e. The third kappa shape index (κ3) is 1.50. The van der Waals surface area contributed by atoms with Gasteiger partial charge in [-0.05, 0) is 19.3 Å². The van der Waals surface area contributed by atoms with Gasteiger partial charge in [0.15, 0.2) is 5.78 Å². The maximum atomic E-state index is 11.4. The Morgan fingerprint density at radius 3 is 2.93 bits per heavy atom. The molecule has 3 nitrogen and oxygen atoms in total. The van der Waals surface area contributed by atoms with E-state index in [0.717, 1.165) is 24.0 Å². The van der Waals surface area contributed by atoms with Crippen LogP contribution >= 0.6 is 0 Å². The molecule has 2 rings (SSSR count). The SMILES string of the molecule is O=C1CCCC2=C1C=CC(C(=O)O)C2. The highest BCUT2D eigenvalue weighted by molar-refractivity contribution is 6.00. The van der Waals surface area contributed by atoms with Gasteiger partial charge in [0.2, 0.25) is 0 Å². The first kappa shape index (κ1) is 9.19. The summed E-state index contributed by atoms with van der Waals surface area (Å²) in [4.78, 5) is 22.2. The number of hydrogen-bond donors (Lipinski definition) is 1. The minimum atomic E-state index is -0.800. The molecule has 1 atom stereocenters. The molecule has 0 fully saturated rings. The van der Waals surface area contributed by atoms with E-state index in [2.05, 4.69) is 0 Å². The van der Waals surface area contributed by atoms with Crippen molar-refractivity contribution in [1.29, 1.82) is 0 Å². The van der Waals surface area contributed by atoms with Crippen LogP contribution in [-0.2, 0) is 9.59 Å². The zero-order valence-corrected chi connectivity index (χ0v) is 7.82. The summed E-state index contributed by atoms with van der Waals surface area (Å²) < 4.78 is 0. The maximum absolute atomic E-state index is 11.4. The summed E-state index contributed by atoms with van der Waals surface area (Å²) >= 11 is 0. The van der Waals surface area contributed by atoms with Gasteiger partial charge >= 0.3 is 5.97 Å². The van der Waals surface area contributed by atoms with Crippen LogP contribution < -0.4 is 0 Å². The molecule has 1 N–H and O–H groups in total. The van der Waals surface area contributed by atoms with Gasteiger partial charge in [0.1, 0.15) is 0 Å². The third-order valence-electron chi connectivity index (χ3n) is 2.84. The molecule has 0 bridgehead atoms. The van der Waals surface area contributed by atoms with Crippen molar-refractivity contribution in [3.8, 4) is 0 Å². The van der Waals surface area contributed by atoms with Gasteiger partial charge in [-0.1, -0.05) is 17.7 Å². The highest BCUT2D eigenvalue weighted by atomic mass is 16.4. The molecule has 0 radical (unpaired) electrons. The molecule has 0 aromatic carbocycles. The topological polar surface area (TPSA) is 54.4 Å². The zero-order chi connectivity index (χ0) is 10.1. The van der Waals surface area contributed by atoms with Gasteiger partial charge in [-0.2, -0.15) is 0 Å². The van der Waals surface area contributed by atoms with Gasteiger partial charge in [-0.15, -0.1) is 0 Å². The highest BCUT2D eigenvalue weighted by Crippen LogP contribution is 2.32. The number of allylic oxidation sites excluding steroid dienone is 3. The van der Waals surface area contributed by atoms with E-state index >= 15 is 0 Å². The van der Waals surface area contributed by atoms with Crippen molar-refractivity contribution >= 4 is 11.8 Å². The van der Waals surface area contributed by atoms with Gasteiger partial charge in [0.05, 0.1) is 5.92 Å². The Hall–Kier alpha value is -1.38. The average molecular weight is 192 g/mol. The fourth-order valence-corrected chi connectivity index (χ4v) is 2.07. The molecule has 0 aromatic heterocycles. The summed E-state index contributed by atoms with van der Waals surface area (Å²) in [5.74, 6) is -1.06. The molecule has 2 aliphatic carbocycles. The molecule has 2 aliphatic rings. The van der Waals surface area contributed by atoms with Crippen LogP contribution in [-0.4, -0.2) is 16.9 Å². The first-order chi connectivity index (χ1) is 6.68. The van der Waals surface area contributed by atoms with E-state index in [9.17, 15) is 9.59 Å². The third-order valence-corrected chi connectivity index (χ3v) is 2.84. The molecule has 3 heteroatoms. The lowest BCUT2D eigenvalue weighted by Gasteiger charge is -2.22. The summed E-state index contributed by atoms with van der Waals surface area (Å²) in [6.45, 7) is 0. The van der Waals surface area contributed by atoms with Gasteiger partial charge in [0.25, 0.3) is 0 Å². The van der Waals surface area contributed by atoms with Gasteiger partial charge in [-0.25, -0.2) is 0 Å². The lowest BCUT2D eigenvalue weighted by atomic mass is 9.81. The average Bonchev–Trinajstić information content (AvgIpc) is 2.17. The van der Waals surface area contributed by atoms with Crippen LogP contribution in [0.4, 0.5) is 0 Å². The number of rotatable bonds is 1. The maximum Gasteiger partial charge on any atom is 0.310 e. The standard InChI is InChI=1S/C11H12O3/c12-10-3-1-2-7-6-8(11(13)14)4-5-9(7)10/h4-5,8H,1-3,6H2,(H,13,14). The first-order valence-electron chi connectivity index (χ1n) is 4.84. The van der Waals surface area contributed by atoms with E-state index in [1.807, 2.05) is 0 Å². The van der Waals surface area contributed by atoms with E-state index in [0.29, 0.717) is 12.8 Å². The fourth-order valence-electron chi connectivity index (χ4n) is 2.07. The molecule has 14 heavy (non-hydrogen) atoms. The van der Waals surface area contributed by atoms with Gasteiger partial charge < -0.3 is 5.11 Å². The number of carboxylic acids is 1. The summed E-state index contributed by atoms with van der Waals surface area (Å²) in [5.41, 5.74) is 1.81. The second-order valence-electron chi connectivity index (χ2n) is 3.80. The van der Waals surface area contributed by atoms with E-state index < -0.39 is 11.9 Å². The molecule has 0 saturated carbocycles. The van der Waals surface area contributed by atoms with Crippen LogP contribution in [0.1, 0.15) is 25.7 Å². The van der Waals surface area contributed by atoms with Crippen LogP contribution in [0, 0.1) is 5.92 Å². The van der Waals surface area contributed by atoms with Crippen molar-refractivity contribution in [3.05, 3.63) is 23.3 Å². The predicted octanol–water partition coefficient (Wildman–Crippen LogP) is 1.70. The summed E-state index contributed by atoms with van der Waals surface area (Å²) in [7, 11) is 0. The molecular weight excluding hydrogens is 180 g/mol. The second-order valence-corrected chi connectivity index (χ2v) is 3.80. The van der Waals surface area contributed by atoms with Crippen molar-refractivity contribution in [3.63, 3.8) is 0 Å². The van der Waals surface area contributed by atoms with Crippen molar-refractivity contribution in [2.45, 2.75) is 25.7 Å². The quantitative estimate of drug-likeness (QED) is 0.687. The molecule has 0 amide bonds. The predicted molar refractivity (Wildman–Crippen MR) is 50.8 cm³/mol. The van der Waals surface area contributed by atoms with E-state index in [-0.39, 0.29) is 5.78 Å². The Labute approximate surface area is 82.1 Å². The summed E-state index contributed by atoms with van der Waals surface area (Å²) in [6.07, 6.45) is 6.21. The van der Waals surface area contributed by atoms with Crippen LogP contribution in [0.3, 0.4) is 0 Å². The zero-order valence-electron chi connectivity index (χ0n) is 7.82. The van der Waals surface area contributed by atoms with Crippen LogP contribution in [0.2, 0.25) is 0 Å². The number of ketones is 1. The Morgan fingerprint density at radius 2 is 2.21 bits per heavy atom. The number of carbonyl (C=O) groups excluding carboxylic acids is 1. The number of carboxylic acid groups (broad SMARTS) is 1. The Balaban J connectivity index is 2.25. The van der Waals surface area contributed by atoms with Gasteiger partial charge in [-0.3, -0.25) is 9.59 Å². The normalized spacial score (nSPS) is 26.3. The van der Waals surface area contributed by atoms with E-state index in [4.69, 9.17) is 5.11 Å². The van der Waals surface area contributed by atoms with E-state index in [1.165, 1.54) is 0 Å². The Bertz CT molecular complexity index is 350. The number of hydrogen-bond acceptors (Lipinski definition) is 2. The van der Waals surface area contributed by atoms with Crippen molar-refractivity contribution < 1.29 is 14.7 Å². The number of aliphatic carboxylic acids is 1. The smallest absolute Gasteiger partial charge is 0.310 e. The van der Waals surface area contributed by atoms with Crippen LogP contribution in [0.15, 0.2) is 23.3 Å². The van der Waals surface area contributed by atoms with Crippen molar-refractivity contribution in [1.82, 2.24) is 0 Å². The highest BCUT2D eigenvalue weighted by Gasteiger charge is 2.26. The minimum Gasteiger partial charge on any atom is -0.481 e. The lowest BCUT2D eigenvalue weighted by molar-refractivity contribution is -0.140. The molecule has 0 spiro atoms. The van der Waals surface area contributed by atoms with E-state index in [1.54, 1.807) is 12.2 Å². The Morgan fingerprint density at radius 1 is 1.43 bits per heavy atom. The van der Waals surface area contributed by atoms with Crippen LogP contribution in [0.5, 0.6) is 0 Å². The summed E-state index contributed by atoms with van der Waals surface area (Å²) in [5, 5.41) is 8.84. The minimum absolute atomic E-state index is 0.173. The second kappa shape index (κ2) is 3.40. The van der Waals surface area contributed by atoms with Crippen LogP contribution in [0.25, 0.3) is 0 Å². The Kier molecular flexibility index (Phi) is 2.23. The molecular formula is C11H12O3. The molecule has 0 aromatic rings. The molecule has 0 aliphatic heterocycles. The van der Waals surface area contributed by atoms with Gasteiger partial charge in [0, 0.05) is 12.0 Å². The van der Waals surface area contributed by atoms with Crippen molar-refractivity contribution in [2.24, 2.45) is 5.92 Å². The fraction of sp³-hybridized carbons (Fsp3) is 0.455. The molecule has 74 valence electrons. The molecule has 1 unspecified atom stereocenters. The molecule has 0 heterocycles.